The van der Waals surface area contributed by atoms with E-state index in [4.69, 9.17) is 0 Å². The van der Waals surface area contributed by atoms with Crippen LogP contribution in [-0.4, -0.2) is 40.3 Å². The lowest BCUT2D eigenvalue weighted by Gasteiger charge is -2.29. The van der Waals surface area contributed by atoms with Crippen molar-refractivity contribution in [3.05, 3.63) is 35.6 Å². The molecule has 1 N–H and O–H groups in total. The van der Waals surface area contributed by atoms with E-state index < -0.39 is 48.0 Å². The maximum atomic E-state index is 13.0. The van der Waals surface area contributed by atoms with Gasteiger partial charge in [-0.15, -0.1) is 0 Å². The number of alkyl halides is 4. The normalized spacial score (nSPS) is 22.1. The fraction of sp³-hybridized carbons (Fsp3) is 0.333. The summed E-state index contributed by atoms with van der Waals surface area (Å²) in [6, 6.07) is 3.96. The minimum Gasteiger partial charge on any atom is -0.364 e. The molecule has 0 saturated heterocycles. The molecular weight excluding hydrogens is 299 g/mol. The van der Waals surface area contributed by atoms with Gasteiger partial charge in [0.15, 0.2) is 0 Å². The highest BCUT2D eigenvalue weighted by atomic mass is 19.3. The highest BCUT2D eigenvalue weighted by Gasteiger charge is 2.53. The van der Waals surface area contributed by atoms with Crippen LogP contribution in [0.1, 0.15) is 16.8 Å². The number of halogens is 5. The molecule has 1 amide bonds. The zero-order valence-corrected chi connectivity index (χ0v) is 10.3. The fourth-order valence-electron chi connectivity index (χ4n) is 1.85. The molecule has 21 heavy (non-hydrogen) atoms. The van der Waals surface area contributed by atoms with Gasteiger partial charge in [-0.1, -0.05) is 6.07 Å². The van der Waals surface area contributed by atoms with Crippen molar-refractivity contribution in [2.24, 2.45) is 5.10 Å². The van der Waals surface area contributed by atoms with Crippen LogP contribution in [0.15, 0.2) is 29.4 Å². The maximum Gasteiger partial charge on any atom is 0.287 e. The van der Waals surface area contributed by atoms with Crippen molar-refractivity contribution < 1.29 is 31.9 Å². The number of aliphatic hydroxyl groups is 1. The van der Waals surface area contributed by atoms with E-state index >= 15 is 0 Å². The minimum atomic E-state index is -3.52. The molecule has 0 bridgehead atoms. The third-order valence-corrected chi connectivity index (χ3v) is 2.90. The Bertz CT molecular complexity index is 593. The summed E-state index contributed by atoms with van der Waals surface area (Å²) in [4.78, 5) is 12.0. The zero-order valence-electron chi connectivity index (χ0n) is 10.3. The Kier molecular flexibility index (Phi) is 3.95. The number of carbonyl (C=O) groups excluding carboxylic acids is 1. The summed E-state index contributed by atoms with van der Waals surface area (Å²) >= 11 is 0. The molecule has 1 aliphatic rings. The SMILES string of the molecule is O=C(c1cccc(F)c1)N1N=C(C(F)F)C[C@]1(O)C(F)F. The molecule has 0 aliphatic carbocycles. The van der Waals surface area contributed by atoms with Gasteiger partial charge in [0.05, 0.1) is 0 Å². The van der Waals surface area contributed by atoms with Gasteiger partial charge in [-0.25, -0.2) is 22.0 Å². The Balaban J connectivity index is 2.40. The summed E-state index contributed by atoms with van der Waals surface area (Å²) in [5.74, 6) is -2.12. The Hall–Kier alpha value is -2.03. The molecule has 0 unspecified atom stereocenters. The molecule has 0 aromatic heterocycles. The van der Waals surface area contributed by atoms with E-state index in [-0.39, 0.29) is 5.01 Å². The molecule has 1 aliphatic heterocycles. The van der Waals surface area contributed by atoms with Gasteiger partial charge in [-0.05, 0) is 18.2 Å². The Morgan fingerprint density at radius 3 is 2.52 bits per heavy atom. The molecule has 1 aromatic rings. The monoisotopic (exact) mass is 308 g/mol. The topological polar surface area (TPSA) is 52.9 Å². The number of rotatable bonds is 3. The van der Waals surface area contributed by atoms with E-state index in [9.17, 15) is 31.9 Å². The van der Waals surface area contributed by atoms with Gasteiger partial charge in [0.2, 0.25) is 5.72 Å². The predicted molar refractivity (Wildman–Crippen MR) is 61.6 cm³/mol. The average molecular weight is 308 g/mol. The highest BCUT2D eigenvalue weighted by molar-refractivity contribution is 5.99. The fourth-order valence-corrected chi connectivity index (χ4v) is 1.85. The molecule has 0 fully saturated rings. The van der Waals surface area contributed by atoms with Crippen molar-refractivity contribution >= 4 is 11.6 Å². The summed E-state index contributed by atoms with van der Waals surface area (Å²) in [5, 5.41) is 12.7. The number of benzene rings is 1. The molecule has 4 nitrogen and oxygen atoms in total. The van der Waals surface area contributed by atoms with E-state index in [2.05, 4.69) is 5.10 Å². The van der Waals surface area contributed by atoms with Crippen molar-refractivity contribution in [2.45, 2.75) is 25.0 Å². The first-order chi connectivity index (χ1) is 9.75. The molecule has 1 atom stereocenters. The van der Waals surface area contributed by atoms with Crippen LogP contribution in [0.2, 0.25) is 0 Å². The molecule has 0 saturated carbocycles. The van der Waals surface area contributed by atoms with Gasteiger partial charge in [0.25, 0.3) is 18.8 Å². The molecule has 114 valence electrons. The van der Waals surface area contributed by atoms with Crippen molar-refractivity contribution in [3.63, 3.8) is 0 Å². The molecule has 1 aromatic carbocycles. The van der Waals surface area contributed by atoms with Gasteiger partial charge in [-0.2, -0.15) is 10.1 Å². The summed E-state index contributed by atoms with van der Waals surface area (Å²) in [6.45, 7) is 0. The second kappa shape index (κ2) is 5.40. The second-order valence-corrected chi connectivity index (χ2v) is 4.38. The average Bonchev–Trinajstić information content (AvgIpc) is 2.77. The van der Waals surface area contributed by atoms with E-state index in [1.54, 1.807) is 0 Å². The Morgan fingerprint density at radius 1 is 1.33 bits per heavy atom. The van der Waals surface area contributed by atoms with Gasteiger partial charge >= 0.3 is 0 Å². The number of hydrogen-bond donors (Lipinski definition) is 1. The quantitative estimate of drug-likeness (QED) is 0.871. The summed E-state index contributed by atoms with van der Waals surface area (Å²) in [6.07, 6.45) is -7.89. The number of amides is 1. The van der Waals surface area contributed by atoms with Gasteiger partial charge in [0, 0.05) is 12.0 Å². The van der Waals surface area contributed by atoms with Crippen LogP contribution in [-0.2, 0) is 0 Å². The first-order valence-corrected chi connectivity index (χ1v) is 5.72. The van der Waals surface area contributed by atoms with E-state index in [1.165, 1.54) is 0 Å². The van der Waals surface area contributed by atoms with Gasteiger partial charge in [0.1, 0.15) is 11.5 Å². The van der Waals surface area contributed by atoms with E-state index in [1.807, 2.05) is 0 Å². The summed E-state index contributed by atoms with van der Waals surface area (Å²) in [7, 11) is 0. The Labute approximate surface area is 115 Å². The maximum absolute atomic E-state index is 13.0. The van der Waals surface area contributed by atoms with Crippen LogP contribution < -0.4 is 0 Å². The second-order valence-electron chi connectivity index (χ2n) is 4.38. The van der Waals surface area contributed by atoms with Crippen molar-refractivity contribution in [3.8, 4) is 0 Å². The molecule has 0 spiro atoms. The summed E-state index contributed by atoms with van der Waals surface area (Å²) < 4.78 is 64.0. The van der Waals surface area contributed by atoms with Crippen LogP contribution in [0.5, 0.6) is 0 Å². The third kappa shape index (κ3) is 2.73. The van der Waals surface area contributed by atoms with Crippen molar-refractivity contribution in [1.29, 1.82) is 0 Å². The highest BCUT2D eigenvalue weighted by Crippen LogP contribution is 2.34. The first-order valence-electron chi connectivity index (χ1n) is 5.72. The van der Waals surface area contributed by atoms with E-state index in [0.717, 1.165) is 24.3 Å². The van der Waals surface area contributed by atoms with Crippen LogP contribution in [0, 0.1) is 5.82 Å². The lowest BCUT2D eigenvalue weighted by molar-refractivity contribution is -0.164. The third-order valence-electron chi connectivity index (χ3n) is 2.90. The predicted octanol–water partition coefficient (Wildman–Crippen LogP) is 2.25. The van der Waals surface area contributed by atoms with E-state index in [0.29, 0.717) is 0 Å². The zero-order chi connectivity index (χ0) is 15.8. The minimum absolute atomic E-state index is 0.117. The van der Waals surface area contributed by atoms with Crippen LogP contribution in [0.3, 0.4) is 0 Å². The summed E-state index contributed by atoms with van der Waals surface area (Å²) in [5.41, 5.74) is -4.61. The smallest absolute Gasteiger partial charge is 0.287 e. The molecule has 1 heterocycles. The molecule has 0 radical (unpaired) electrons. The lowest BCUT2D eigenvalue weighted by atomic mass is 10.1. The van der Waals surface area contributed by atoms with Gasteiger partial charge < -0.3 is 5.11 Å². The molecule has 2 rings (SSSR count). The lowest BCUT2D eigenvalue weighted by Crippen LogP contribution is -2.51. The van der Waals surface area contributed by atoms with Crippen molar-refractivity contribution in [1.82, 2.24) is 5.01 Å². The standard InChI is InChI=1S/C12H9F5N2O2/c13-7-3-1-2-6(4-7)10(20)19-12(21,11(16)17)5-8(18-19)9(14)15/h1-4,9,11,21H,5H2/t12-/m0/s1. The number of nitrogens with zero attached hydrogens (tertiary/aromatic N) is 2. The number of hydrogen-bond acceptors (Lipinski definition) is 3. The number of carbonyl (C=O) groups is 1. The first kappa shape index (κ1) is 15.4. The largest absolute Gasteiger partial charge is 0.364 e. The van der Waals surface area contributed by atoms with Crippen LogP contribution in [0.25, 0.3) is 0 Å². The van der Waals surface area contributed by atoms with Crippen LogP contribution in [0.4, 0.5) is 22.0 Å². The van der Waals surface area contributed by atoms with Crippen LogP contribution >= 0.6 is 0 Å². The Morgan fingerprint density at radius 2 is 2.00 bits per heavy atom. The van der Waals surface area contributed by atoms with Gasteiger partial charge in [-0.3, -0.25) is 4.79 Å². The molecule has 9 heteroatoms. The number of hydrazone groups is 1. The molecular formula is C12H9F5N2O2. The van der Waals surface area contributed by atoms with Crippen molar-refractivity contribution in [2.75, 3.05) is 0 Å².